The SMILES string of the molecule is O=Cc1ccc(S(=O)(=O)C[C@@H]2CCCC[C@@H]2NC(=O)CNC(=O)c2cc(C(F)(F)F)ccc2NC(=O)O)cc1. The molecule has 39 heavy (non-hydrogen) atoms. The lowest BCUT2D eigenvalue weighted by atomic mass is 9.86. The largest absolute Gasteiger partial charge is 0.465 e. The summed E-state index contributed by atoms with van der Waals surface area (Å²) in [5, 5.41) is 15.6. The Hall–Kier alpha value is -3.94. The standard InChI is InChI=1S/C25H26F3N3O7S/c26-25(27,28)17-7-10-21(31-24(35)36)19(11-17)23(34)29-12-22(33)30-20-4-2-1-3-16(20)14-39(37,38)18-8-5-15(13-32)6-9-18/h5-11,13,16,20,31H,1-4,12,14H2,(H,29,34)(H,30,33)(H,35,36)/t16-,20-/m0/s1. The van der Waals surface area contributed by atoms with E-state index in [0.29, 0.717) is 36.8 Å². The maximum absolute atomic E-state index is 13.1. The minimum Gasteiger partial charge on any atom is -0.465 e. The molecule has 1 aliphatic rings. The van der Waals surface area contributed by atoms with Crippen molar-refractivity contribution >= 4 is 39.7 Å². The smallest absolute Gasteiger partial charge is 0.416 e. The first-order valence-electron chi connectivity index (χ1n) is 11.9. The highest BCUT2D eigenvalue weighted by atomic mass is 32.2. The topological polar surface area (TPSA) is 159 Å². The molecule has 0 radical (unpaired) electrons. The number of carbonyl (C=O) groups excluding carboxylic acids is 3. The summed E-state index contributed by atoms with van der Waals surface area (Å²) in [6.45, 7) is -0.634. The minimum atomic E-state index is -4.79. The summed E-state index contributed by atoms with van der Waals surface area (Å²) in [4.78, 5) is 47.0. The molecule has 2 atom stereocenters. The van der Waals surface area contributed by atoms with Gasteiger partial charge in [0.25, 0.3) is 5.91 Å². The summed E-state index contributed by atoms with van der Waals surface area (Å²) in [5.41, 5.74) is -1.87. The van der Waals surface area contributed by atoms with Gasteiger partial charge in [0.2, 0.25) is 5.91 Å². The normalized spacial score (nSPS) is 17.6. The van der Waals surface area contributed by atoms with Gasteiger partial charge in [0.15, 0.2) is 9.84 Å². The van der Waals surface area contributed by atoms with Gasteiger partial charge in [0.05, 0.1) is 34.0 Å². The lowest BCUT2D eigenvalue weighted by molar-refractivity contribution is -0.137. The molecule has 210 valence electrons. The van der Waals surface area contributed by atoms with E-state index in [1.807, 2.05) is 5.32 Å². The number of nitrogens with one attached hydrogen (secondary N) is 3. The van der Waals surface area contributed by atoms with Crippen molar-refractivity contribution in [3.8, 4) is 0 Å². The van der Waals surface area contributed by atoms with Crippen LogP contribution in [0.3, 0.4) is 0 Å². The van der Waals surface area contributed by atoms with E-state index in [4.69, 9.17) is 5.11 Å². The number of hydrogen-bond donors (Lipinski definition) is 4. The Morgan fingerprint density at radius 2 is 1.69 bits per heavy atom. The van der Waals surface area contributed by atoms with Crippen molar-refractivity contribution in [1.82, 2.24) is 10.6 Å². The first-order chi connectivity index (χ1) is 18.3. The highest BCUT2D eigenvalue weighted by Gasteiger charge is 2.33. The number of carbonyl (C=O) groups is 4. The fourth-order valence-electron chi connectivity index (χ4n) is 4.38. The number of sulfone groups is 1. The average molecular weight is 570 g/mol. The van der Waals surface area contributed by atoms with Crippen molar-refractivity contribution in [2.75, 3.05) is 17.6 Å². The van der Waals surface area contributed by atoms with Gasteiger partial charge in [-0.3, -0.25) is 19.7 Å². The van der Waals surface area contributed by atoms with Gasteiger partial charge in [-0.25, -0.2) is 13.2 Å². The second kappa shape index (κ2) is 12.3. The Bertz CT molecular complexity index is 1350. The van der Waals surface area contributed by atoms with Crippen LogP contribution in [-0.4, -0.2) is 56.1 Å². The van der Waals surface area contributed by atoms with Crippen LogP contribution >= 0.6 is 0 Å². The van der Waals surface area contributed by atoms with Crippen molar-refractivity contribution in [2.45, 2.75) is 42.8 Å². The molecule has 4 N–H and O–H groups in total. The lowest BCUT2D eigenvalue weighted by Crippen LogP contribution is -2.47. The third-order valence-electron chi connectivity index (χ3n) is 6.31. The van der Waals surface area contributed by atoms with E-state index in [1.54, 1.807) is 0 Å². The van der Waals surface area contributed by atoms with Crippen molar-refractivity contribution < 1.29 is 45.9 Å². The van der Waals surface area contributed by atoms with E-state index in [1.165, 1.54) is 24.3 Å². The summed E-state index contributed by atoms with van der Waals surface area (Å²) >= 11 is 0. The van der Waals surface area contributed by atoms with E-state index in [9.17, 15) is 40.8 Å². The Morgan fingerprint density at radius 1 is 1.03 bits per heavy atom. The molecule has 10 nitrogen and oxygen atoms in total. The van der Waals surface area contributed by atoms with Crippen molar-refractivity contribution in [3.05, 3.63) is 59.2 Å². The highest BCUT2D eigenvalue weighted by molar-refractivity contribution is 7.91. The summed E-state index contributed by atoms with van der Waals surface area (Å²) in [6, 6.07) is 6.83. The zero-order valence-electron chi connectivity index (χ0n) is 20.5. The van der Waals surface area contributed by atoms with E-state index >= 15 is 0 Å². The molecule has 1 fully saturated rings. The van der Waals surface area contributed by atoms with Gasteiger partial charge in [-0.15, -0.1) is 0 Å². The van der Waals surface area contributed by atoms with Gasteiger partial charge >= 0.3 is 12.3 Å². The Kier molecular flexibility index (Phi) is 9.32. The maximum atomic E-state index is 13.1. The molecule has 0 spiro atoms. The van der Waals surface area contributed by atoms with Gasteiger partial charge in [0.1, 0.15) is 6.29 Å². The molecule has 0 aliphatic heterocycles. The molecule has 0 saturated heterocycles. The second-order valence-electron chi connectivity index (χ2n) is 9.06. The lowest BCUT2D eigenvalue weighted by Gasteiger charge is -2.32. The fraction of sp³-hybridized carbons (Fsp3) is 0.360. The molecule has 14 heteroatoms. The van der Waals surface area contributed by atoms with Gasteiger partial charge < -0.3 is 15.7 Å². The summed E-state index contributed by atoms with van der Waals surface area (Å²) in [5.74, 6) is -2.47. The van der Waals surface area contributed by atoms with Gasteiger partial charge in [0, 0.05) is 11.6 Å². The molecule has 3 rings (SSSR count). The predicted octanol–water partition coefficient (Wildman–Crippen LogP) is 3.49. The Labute approximate surface area is 221 Å². The van der Waals surface area contributed by atoms with Crippen LogP contribution in [-0.2, 0) is 20.8 Å². The van der Waals surface area contributed by atoms with Crippen LogP contribution < -0.4 is 16.0 Å². The fourth-order valence-corrected chi connectivity index (χ4v) is 6.08. The monoisotopic (exact) mass is 569 g/mol. The third-order valence-corrected chi connectivity index (χ3v) is 8.16. The Balaban J connectivity index is 1.66. The molecular weight excluding hydrogens is 543 g/mol. The first-order valence-corrected chi connectivity index (χ1v) is 13.5. The molecule has 2 aromatic carbocycles. The molecule has 0 heterocycles. The van der Waals surface area contributed by atoms with E-state index in [2.05, 4.69) is 10.6 Å². The second-order valence-corrected chi connectivity index (χ2v) is 11.1. The van der Waals surface area contributed by atoms with Gasteiger partial charge in [-0.2, -0.15) is 13.2 Å². The van der Waals surface area contributed by atoms with E-state index in [-0.39, 0.29) is 10.6 Å². The predicted molar refractivity (Wildman–Crippen MR) is 133 cm³/mol. The molecule has 1 aliphatic carbocycles. The van der Waals surface area contributed by atoms with Crippen LogP contribution in [0, 0.1) is 5.92 Å². The molecule has 0 aromatic heterocycles. The highest BCUT2D eigenvalue weighted by Crippen LogP contribution is 2.32. The van der Waals surface area contributed by atoms with Crippen LogP contribution in [0.25, 0.3) is 0 Å². The number of rotatable bonds is 9. The van der Waals surface area contributed by atoms with Gasteiger partial charge in [-0.1, -0.05) is 25.0 Å². The zero-order chi connectivity index (χ0) is 28.8. The van der Waals surface area contributed by atoms with E-state index < -0.39 is 69.2 Å². The van der Waals surface area contributed by atoms with Crippen molar-refractivity contribution in [1.29, 1.82) is 0 Å². The van der Waals surface area contributed by atoms with Gasteiger partial charge in [-0.05, 0) is 49.1 Å². The van der Waals surface area contributed by atoms with Crippen LogP contribution in [0.1, 0.15) is 52.0 Å². The quantitative estimate of drug-likeness (QED) is 0.337. The molecule has 1 saturated carbocycles. The average Bonchev–Trinajstić information content (AvgIpc) is 2.87. The third kappa shape index (κ3) is 8.02. The number of alkyl halides is 3. The Morgan fingerprint density at radius 3 is 2.31 bits per heavy atom. The molecule has 0 bridgehead atoms. The zero-order valence-corrected chi connectivity index (χ0v) is 21.3. The van der Waals surface area contributed by atoms with Crippen molar-refractivity contribution in [3.63, 3.8) is 0 Å². The number of halogens is 3. The number of amides is 3. The van der Waals surface area contributed by atoms with Crippen LogP contribution in [0.5, 0.6) is 0 Å². The number of carboxylic acid groups (broad SMARTS) is 1. The van der Waals surface area contributed by atoms with E-state index in [0.717, 1.165) is 18.9 Å². The van der Waals surface area contributed by atoms with Crippen LogP contribution in [0.15, 0.2) is 47.4 Å². The summed E-state index contributed by atoms with van der Waals surface area (Å²) in [7, 11) is -3.73. The first kappa shape index (κ1) is 29.6. The molecule has 2 aromatic rings. The number of benzene rings is 2. The molecular formula is C25H26F3N3O7S. The maximum Gasteiger partial charge on any atom is 0.416 e. The number of aldehydes is 1. The summed E-state index contributed by atoms with van der Waals surface area (Å²) < 4.78 is 65.2. The van der Waals surface area contributed by atoms with Crippen LogP contribution in [0.2, 0.25) is 0 Å². The number of anilines is 1. The minimum absolute atomic E-state index is 0.0443. The van der Waals surface area contributed by atoms with Crippen molar-refractivity contribution in [2.24, 2.45) is 5.92 Å². The molecule has 0 unspecified atom stereocenters. The summed E-state index contributed by atoms with van der Waals surface area (Å²) in [6.07, 6.45) is -3.29. The number of hydrogen-bond acceptors (Lipinski definition) is 6. The van der Waals surface area contributed by atoms with Crippen LogP contribution in [0.4, 0.5) is 23.7 Å². The molecule has 3 amide bonds.